The molecular weight excluding hydrogens is 504 g/mol. The lowest BCUT2D eigenvalue weighted by molar-refractivity contribution is 0.0746. The van der Waals surface area contributed by atoms with Gasteiger partial charge in [0, 0.05) is 38.3 Å². The fraction of sp³-hybridized carbons (Fsp3) is 0.286. The highest BCUT2D eigenvalue weighted by atomic mass is 32.2. The van der Waals surface area contributed by atoms with Gasteiger partial charge in [-0.2, -0.15) is 0 Å². The van der Waals surface area contributed by atoms with Crippen molar-refractivity contribution >= 4 is 48.3 Å². The highest BCUT2D eigenvalue weighted by molar-refractivity contribution is 7.92. The van der Waals surface area contributed by atoms with Crippen LogP contribution in [0.2, 0.25) is 0 Å². The van der Waals surface area contributed by atoms with Gasteiger partial charge in [0.15, 0.2) is 5.13 Å². The van der Waals surface area contributed by atoms with E-state index >= 15 is 0 Å². The molecular formula is C28H28N4O3S2. The van der Waals surface area contributed by atoms with Crippen LogP contribution < -0.4 is 9.21 Å². The van der Waals surface area contributed by atoms with E-state index in [4.69, 9.17) is 4.98 Å². The number of carbonyl (C=O) groups is 1. The van der Waals surface area contributed by atoms with Gasteiger partial charge in [0.05, 0.1) is 20.8 Å². The molecule has 2 aliphatic rings. The van der Waals surface area contributed by atoms with Gasteiger partial charge in [-0.05, 0) is 73.4 Å². The standard InChI is InChI=1S/C28H28N4O3S2/c1-19-17-20(2)26-25(18-19)36-28(29-26)31-15-13-30(14-16-31)27(33)22-7-9-23(10-8-22)37(34,35)32-12-11-21-5-3-4-6-24(21)32/h3-10,17-18H,11-16H2,1-2H3. The van der Waals surface area contributed by atoms with Gasteiger partial charge in [0.1, 0.15) is 0 Å². The molecule has 6 rings (SSSR count). The minimum Gasteiger partial charge on any atom is -0.345 e. The van der Waals surface area contributed by atoms with E-state index in [1.54, 1.807) is 35.6 Å². The Kier molecular flexibility index (Phi) is 5.92. The van der Waals surface area contributed by atoms with Gasteiger partial charge < -0.3 is 9.80 Å². The van der Waals surface area contributed by atoms with E-state index in [1.165, 1.54) is 20.1 Å². The first kappa shape index (κ1) is 23.9. The maximum atomic E-state index is 13.3. The molecule has 1 amide bonds. The average Bonchev–Trinajstić information content (AvgIpc) is 3.54. The second-order valence-electron chi connectivity index (χ2n) is 9.68. The summed E-state index contributed by atoms with van der Waals surface area (Å²) in [6.45, 7) is 7.24. The zero-order valence-corrected chi connectivity index (χ0v) is 22.5. The van der Waals surface area contributed by atoms with Crippen molar-refractivity contribution in [2.45, 2.75) is 25.2 Å². The first-order valence-corrected chi connectivity index (χ1v) is 14.7. The SMILES string of the molecule is Cc1cc(C)c2nc(N3CCN(C(=O)c4ccc(S(=O)(=O)N5CCc6ccccc65)cc4)CC3)sc2c1. The first-order valence-electron chi connectivity index (χ1n) is 12.4. The smallest absolute Gasteiger partial charge is 0.264 e. The third kappa shape index (κ3) is 4.26. The molecule has 0 radical (unpaired) electrons. The number of carbonyl (C=O) groups excluding carboxylic acids is 1. The van der Waals surface area contributed by atoms with Gasteiger partial charge in [-0.1, -0.05) is 35.6 Å². The van der Waals surface area contributed by atoms with Crippen LogP contribution in [0.4, 0.5) is 10.8 Å². The summed E-state index contributed by atoms with van der Waals surface area (Å²) >= 11 is 1.70. The normalized spacial score (nSPS) is 15.9. The molecule has 2 aliphatic heterocycles. The molecule has 9 heteroatoms. The second kappa shape index (κ2) is 9.15. The van der Waals surface area contributed by atoms with Crippen LogP contribution in [0.5, 0.6) is 0 Å². The highest BCUT2D eigenvalue weighted by Crippen LogP contribution is 2.34. The fourth-order valence-electron chi connectivity index (χ4n) is 5.23. The van der Waals surface area contributed by atoms with E-state index in [0.717, 1.165) is 21.9 Å². The molecule has 0 atom stereocenters. The topological polar surface area (TPSA) is 73.8 Å². The Morgan fingerprint density at radius 1 is 0.919 bits per heavy atom. The number of thiazole rings is 1. The number of piperazine rings is 1. The molecule has 0 bridgehead atoms. The monoisotopic (exact) mass is 532 g/mol. The Bertz CT molecular complexity index is 1600. The molecule has 1 aromatic heterocycles. The molecule has 0 unspecified atom stereocenters. The van der Waals surface area contributed by atoms with Crippen molar-refractivity contribution in [3.8, 4) is 0 Å². The summed E-state index contributed by atoms with van der Waals surface area (Å²) < 4.78 is 29.2. The molecule has 37 heavy (non-hydrogen) atoms. The zero-order valence-electron chi connectivity index (χ0n) is 20.8. The number of aryl methyl sites for hydroxylation is 2. The third-order valence-corrected chi connectivity index (χ3v) is 10.1. The van der Waals surface area contributed by atoms with Crippen LogP contribution in [0.1, 0.15) is 27.0 Å². The lowest BCUT2D eigenvalue weighted by atomic mass is 10.1. The van der Waals surface area contributed by atoms with E-state index in [0.29, 0.717) is 44.7 Å². The van der Waals surface area contributed by atoms with Gasteiger partial charge in [0.2, 0.25) is 0 Å². The first-order chi connectivity index (χ1) is 17.8. The van der Waals surface area contributed by atoms with Crippen molar-refractivity contribution < 1.29 is 13.2 Å². The minimum absolute atomic E-state index is 0.0779. The van der Waals surface area contributed by atoms with Gasteiger partial charge in [-0.15, -0.1) is 0 Å². The molecule has 0 saturated carbocycles. The van der Waals surface area contributed by atoms with Crippen molar-refractivity contribution in [3.63, 3.8) is 0 Å². The fourth-order valence-corrected chi connectivity index (χ4v) is 7.93. The Hall–Kier alpha value is -3.43. The minimum atomic E-state index is -3.68. The number of amides is 1. The predicted molar refractivity (Wildman–Crippen MR) is 148 cm³/mol. The number of nitrogens with zero attached hydrogens (tertiary/aromatic N) is 4. The number of benzene rings is 3. The van der Waals surface area contributed by atoms with Gasteiger partial charge in [-0.3, -0.25) is 9.10 Å². The third-order valence-electron chi connectivity index (χ3n) is 7.19. The zero-order chi connectivity index (χ0) is 25.7. The van der Waals surface area contributed by atoms with E-state index in [9.17, 15) is 13.2 Å². The van der Waals surface area contributed by atoms with Gasteiger partial charge in [-0.25, -0.2) is 13.4 Å². The Balaban J connectivity index is 1.13. The summed E-state index contributed by atoms with van der Waals surface area (Å²) in [6, 6.07) is 18.3. The van der Waals surface area contributed by atoms with Crippen LogP contribution in [0.15, 0.2) is 65.6 Å². The maximum Gasteiger partial charge on any atom is 0.264 e. The maximum absolute atomic E-state index is 13.3. The quantitative estimate of drug-likeness (QED) is 0.383. The van der Waals surface area contributed by atoms with Crippen molar-refractivity contribution in [2.24, 2.45) is 0 Å². The second-order valence-corrected chi connectivity index (χ2v) is 12.6. The Morgan fingerprint density at radius 3 is 2.41 bits per heavy atom. The van der Waals surface area contributed by atoms with Crippen LogP contribution in [0.3, 0.4) is 0 Å². The molecule has 7 nitrogen and oxygen atoms in total. The number of hydrogen-bond donors (Lipinski definition) is 0. The van der Waals surface area contributed by atoms with Crippen LogP contribution in [-0.2, 0) is 16.4 Å². The van der Waals surface area contributed by atoms with Crippen molar-refractivity contribution in [1.82, 2.24) is 9.88 Å². The number of rotatable bonds is 4. The lowest BCUT2D eigenvalue weighted by Gasteiger charge is -2.34. The number of anilines is 2. The largest absolute Gasteiger partial charge is 0.345 e. The number of sulfonamides is 1. The van der Waals surface area contributed by atoms with Crippen LogP contribution in [0.25, 0.3) is 10.2 Å². The summed E-state index contributed by atoms with van der Waals surface area (Å²) in [4.78, 5) is 22.3. The van der Waals surface area contributed by atoms with Crippen molar-refractivity contribution in [1.29, 1.82) is 0 Å². The van der Waals surface area contributed by atoms with Gasteiger partial charge >= 0.3 is 0 Å². The molecule has 190 valence electrons. The molecule has 0 aliphatic carbocycles. The molecule has 0 spiro atoms. The summed E-state index contributed by atoms with van der Waals surface area (Å²) in [6.07, 6.45) is 0.703. The van der Waals surface area contributed by atoms with E-state index in [1.807, 2.05) is 29.2 Å². The van der Waals surface area contributed by atoms with Crippen LogP contribution in [-0.4, -0.2) is 56.9 Å². The molecule has 3 heterocycles. The molecule has 3 aromatic carbocycles. The van der Waals surface area contributed by atoms with E-state index in [-0.39, 0.29) is 10.8 Å². The molecule has 1 fully saturated rings. The number of para-hydroxylation sites is 1. The number of aromatic nitrogens is 1. The lowest BCUT2D eigenvalue weighted by Crippen LogP contribution is -2.48. The number of fused-ring (bicyclic) bond motifs is 2. The van der Waals surface area contributed by atoms with E-state index < -0.39 is 10.0 Å². The van der Waals surface area contributed by atoms with Crippen LogP contribution >= 0.6 is 11.3 Å². The highest BCUT2D eigenvalue weighted by Gasteiger charge is 2.31. The summed E-state index contributed by atoms with van der Waals surface area (Å²) in [5.74, 6) is -0.0779. The van der Waals surface area contributed by atoms with Crippen molar-refractivity contribution in [2.75, 3.05) is 41.9 Å². The summed E-state index contributed by atoms with van der Waals surface area (Å²) in [7, 11) is -3.68. The van der Waals surface area contributed by atoms with Crippen molar-refractivity contribution in [3.05, 3.63) is 82.9 Å². The van der Waals surface area contributed by atoms with E-state index in [2.05, 4.69) is 30.9 Å². The molecule has 4 aromatic rings. The number of hydrogen-bond acceptors (Lipinski definition) is 6. The predicted octanol–water partition coefficient (Wildman–Crippen LogP) is 4.63. The Labute approximate surface area is 221 Å². The summed E-state index contributed by atoms with van der Waals surface area (Å²) in [5, 5.41) is 0.994. The molecule has 1 saturated heterocycles. The van der Waals surface area contributed by atoms with Gasteiger partial charge in [0.25, 0.3) is 15.9 Å². The Morgan fingerprint density at radius 2 is 1.65 bits per heavy atom. The van der Waals surface area contributed by atoms with Crippen LogP contribution in [0, 0.1) is 13.8 Å². The average molecular weight is 533 g/mol. The molecule has 0 N–H and O–H groups in total. The summed E-state index contributed by atoms with van der Waals surface area (Å²) in [5.41, 5.74) is 5.74.